The fraction of sp³-hybridized carbons (Fsp3) is 0.667. The minimum atomic E-state index is 0.262. The Bertz CT molecular complexity index is 255. The summed E-state index contributed by atoms with van der Waals surface area (Å²) in [5.41, 5.74) is 7.48. The molecule has 0 saturated heterocycles. The maximum atomic E-state index is 6.13. The van der Waals surface area contributed by atoms with Gasteiger partial charge in [0.2, 0.25) is 0 Å². The smallest absolute Gasteiger partial charge is 0.0305 e. The van der Waals surface area contributed by atoms with Gasteiger partial charge in [0.05, 0.1) is 0 Å². The molecule has 1 nitrogen and oxygen atoms in total. The van der Waals surface area contributed by atoms with Gasteiger partial charge in [0, 0.05) is 10.9 Å². The lowest BCUT2D eigenvalue weighted by Crippen LogP contribution is -2.10. The van der Waals surface area contributed by atoms with Gasteiger partial charge in [-0.2, -0.15) is 0 Å². The lowest BCUT2D eigenvalue weighted by molar-refractivity contribution is 0.566. The second kappa shape index (κ2) is 6.20. The van der Waals surface area contributed by atoms with Gasteiger partial charge in [-0.1, -0.05) is 32.6 Å². The third-order valence-electron chi connectivity index (χ3n) is 2.67. The lowest BCUT2D eigenvalue weighted by atomic mass is 10.0. The molecule has 0 aliphatic rings. The number of hydrogen-bond acceptors (Lipinski definition) is 2. The third-order valence-corrected chi connectivity index (χ3v) is 3.53. The minimum absolute atomic E-state index is 0.262. The molecule has 2 heteroatoms. The summed E-state index contributed by atoms with van der Waals surface area (Å²) in [5, 5.41) is 2.14. The molecule has 0 aliphatic heterocycles. The van der Waals surface area contributed by atoms with Crippen LogP contribution >= 0.6 is 11.3 Å². The molecule has 1 aromatic heterocycles. The Morgan fingerprint density at radius 1 is 1.36 bits per heavy atom. The predicted octanol–water partition coefficient (Wildman–Crippen LogP) is 4.03. The molecule has 1 atom stereocenters. The Balaban J connectivity index is 2.28. The summed E-state index contributed by atoms with van der Waals surface area (Å²) in [5.74, 6) is 0. The lowest BCUT2D eigenvalue weighted by Gasteiger charge is -2.10. The van der Waals surface area contributed by atoms with Crippen LogP contribution in [0.15, 0.2) is 11.4 Å². The van der Waals surface area contributed by atoms with Gasteiger partial charge in [-0.3, -0.25) is 0 Å². The SMILES string of the molecule is CCCCCCC(N)c1ccsc1C. The van der Waals surface area contributed by atoms with E-state index < -0.39 is 0 Å². The van der Waals surface area contributed by atoms with E-state index in [1.165, 1.54) is 36.1 Å². The van der Waals surface area contributed by atoms with Crippen molar-refractivity contribution in [3.63, 3.8) is 0 Å². The van der Waals surface area contributed by atoms with E-state index in [-0.39, 0.29) is 6.04 Å². The van der Waals surface area contributed by atoms with Crippen LogP contribution < -0.4 is 5.73 Å². The van der Waals surface area contributed by atoms with Crippen LogP contribution in [0.2, 0.25) is 0 Å². The van der Waals surface area contributed by atoms with Crippen molar-refractivity contribution in [2.75, 3.05) is 0 Å². The maximum absolute atomic E-state index is 6.13. The molecule has 0 aromatic carbocycles. The fourth-order valence-electron chi connectivity index (χ4n) is 1.73. The molecule has 1 heterocycles. The largest absolute Gasteiger partial charge is 0.324 e. The van der Waals surface area contributed by atoms with Crippen molar-refractivity contribution in [2.45, 2.75) is 52.0 Å². The van der Waals surface area contributed by atoms with Gasteiger partial charge in [0.1, 0.15) is 0 Å². The predicted molar refractivity (Wildman–Crippen MR) is 64.7 cm³/mol. The zero-order valence-corrected chi connectivity index (χ0v) is 10.1. The molecule has 2 N–H and O–H groups in total. The summed E-state index contributed by atoms with van der Waals surface area (Å²) in [6.07, 6.45) is 6.37. The number of nitrogens with two attached hydrogens (primary N) is 1. The Hall–Kier alpha value is -0.340. The number of rotatable bonds is 6. The van der Waals surface area contributed by atoms with Crippen LogP contribution in [0.25, 0.3) is 0 Å². The van der Waals surface area contributed by atoms with Gasteiger partial charge in [-0.15, -0.1) is 11.3 Å². The van der Waals surface area contributed by atoms with Crippen LogP contribution in [0.1, 0.15) is 55.5 Å². The summed E-state index contributed by atoms with van der Waals surface area (Å²) in [7, 11) is 0. The summed E-state index contributed by atoms with van der Waals surface area (Å²) < 4.78 is 0. The molecule has 1 aromatic rings. The van der Waals surface area contributed by atoms with E-state index in [9.17, 15) is 0 Å². The highest BCUT2D eigenvalue weighted by molar-refractivity contribution is 7.10. The van der Waals surface area contributed by atoms with E-state index in [2.05, 4.69) is 25.3 Å². The highest BCUT2D eigenvalue weighted by atomic mass is 32.1. The summed E-state index contributed by atoms with van der Waals surface area (Å²) >= 11 is 1.80. The monoisotopic (exact) mass is 211 g/mol. The molecular formula is C12H21NS. The Morgan fingerprint density at radius 3 is 2.71 bits per heavy atom. The van der Waals surface area contributed by atoms with Gasteiger partial charge < -0.3 is 5.73 Å². The minimum Gasteiger partial charge on any atom is -0.324 e. The van der Waals surface area contributed by atoms with Crippen molar-refractivity contribution in [2.24, 2.45) is 5.73 Å². The van der Waals surface area contributed by atoms with E-state index in [4.69, 9.17) is 5.73 Å². The molecule has 0 bridgehead atoms. The molecular weight excluding hydrogens is 190 g/mol. The number of hydrogen-bond donors (Lipinski definition) is 1. The second-order valence-corrected chi connectivity index (χ2v) is 5.01. The average Bonchev–Trinajstić information content (AvgIpc) is 2.59. The van der Waals surface area contributed by atoms with Gasteiger partial charge in [-0.05, 0) is 30.4 Å². The molecule has 80 valence electrons. The zero-order chi connectivity index (χ0) is 10.4. The standard InChI is InChI=1S/C12H21NS/c1-3-4-5-6-7-12(13)11-8-9-14-10(11)2/h8-9,12H,3-7,13H2,1-2H3. The Morgan fingerprint density at radius 2 is 2.14 bits per heavy atom. The molecule has 0 fully saturated rings. The maximum Gasteiger partial charge on any atom is 0.0305 e. The van der Waals surface area contributed by atoms with Crippen LogP contribution in [0.3, 0.4) is 0 Å². The van der Waals surface area contributed by atoms with Gasteiger partial charge in [0.15, 0.2) is 0 Å². The molecule has 1 unspecified atom stereocenters. The molecule has 14 heavy (non-hydrogen) atoms. The van der Waals surface area contributed by atoms with Crippen LogP contribution in [0.5, 0.6) is 0 Å². The molecule has 0 saturated carbocycles. The molecule has 0 spiro atoms. The van der Waals surface area contributed by atoms with Crippen molar-refractivity contribution in [3.05, 3.63) is 21.9 Å². The van der Waals surface area contributed by atoms with Crippen LogP contribution in [-0.4, -0.2) is 0 Å². The first-order chi connectivity index (χ1) is 6.75. The normalized spacial score (nSPS) is 13.1. The van der Waals surface area contributed by atoms with Gasteiger partial charge in [0.25, 0.3) is 0 Å². The van der Waals surface area contributed by atoms with Crippen molar-refractivity contribution in [1.82, 2.24) is 0 Å². The average molecular weight is 211 g/mol. The van der Waals surface area contributed by atoms with E-state index in [0.717, 1.165) is 6.42 Å². The Labute approximate surface area is 91.3 Å². The summed E-state index contributed by atoms with van der Waals surface area (Å²) in [4.78, 5) is 1.38. The van der Waals surface area contributed by atoms with E-state index in [1.807, 2.05) is 0 Å². The van der Waals surface area contributed by atoms with E-state index >= 15 is 0 Å². The quantitative estimate of drug-likeness (QED) is 0.706. The third kappa shape index (κ3) is 3.43. The summed E-state index contributed by atoms with van der Waals surface area (Å²) in [6.45, 7) is 4.40. The van der Waals surface area contributed by atoms with Crippen LogP contribution in [0.4, 0.5) is 0 Å². The topological polar surface area (TPSA) is 26.0 Å². The van der Waals surface area contributed by atoms with Gasteiger partial charge >= 0.3 is 0 Å². The number of unbranched alkanes of at least 4 members (excludes halogenated alkanes) is 3. The van der Waals surface area contributed by atoms with Crippen LogP contribution in [0, 0.1) is 6.92 Å². The number of thiophene rings is 1. The highest BCUT2D eigenvalue weighted by Gasteiger charge is 2.08. The van der Waals surface area contributed by atoms with Crippen molar-refractivity contribution in [1.29, 1.82) is 0 Å². The molecule has 0 aliphatic carbocycles. The molecule has 1 rings (SSSR count). The van der Waals surface area contributed by atoms with Crippen molar-refractivity contribution >= 4 is 11.3 Å². The first kappa shape index (κ1) is 11.7. The van der Waals surface area contributed by atoms with Crippen molar-refractivity contribution < 1.29 is 0 Å². The fourth-order valence-corrected chi connectivity index (χ4v) is 2.50. The first-order valence-corrected chi connectivity index (χ1v) is 6.43. The number of aryl methyl sites for hydroxylation is 1. The Kier molecular flexibility index (Phi) is 5.20. The zero-order valence-electron chi connectivity index (χ0n) is 9.25. The van der Waals surface area contributed by atoms with E-state index in [1.54, 1.807) is 11.3 Å². The summed E-state index contributed by atoms with van der Waals surface area (Å²) in [6, 6.07) is 2.43. The molecule has 0 amide bonds. The van der Waals surface area contributed by atoms with E-state index in [0.29, 0.717) is 0 Å². The molecule has 0 radical (unpaired) electrons. The van der Waals surface area contributed by atoms with Crippen molar-refractivity contribution in [3.8, 4) is 0 Å². The highest BCUT2D eigenvalue weighted by Crippen LogP contribution is 2.24. The van der Waals surface area contributed by atoms with Crippen LogP contribution in [-0.2, 0) is 0 Å². The first-order valence-electron chi connectivity index (χ1n) is 5.55. The second-order valence-electron chi connectivity index (χ2n) is 3.89. The van der Waals surface area contributed by atoms with Gasteiger partial charge in [-0.25, -0.2) is 0 Å².